The molecule has 4 rings (SSSR count). The van der Waals surface area contributed by atoms with Crippen molar-refractivity contribution in [2.45, 2.75) is 44.0 Å². The predicted octanol–water partition coefficient (Wildman–Crippen LogP) is 5.76. The van der Waals surface area contributed by atoms with E-state index in [1.165, 1.54) is 18.2 Å². The lowest BCUT2D eigenvalue weighted by atomic mass is 9.92. The molecule has 0 aromatic heterocycles. The lowest BCUT2D eigenvalue weighted by Crippen LogP contribution is -2.46. The summed E-state index contributed by atoms with van der Waals surface area (Å²) in [5.74, 6) is -0.0231. The van der Waals surface area contributed by atoms with Crippen LogP contribution >= 0.6 is 23.2 Å². The summed E-state index contributed by atoms with van der Waals surface area (Å²) in [5.41, 5.74) is 0.0191. The molecule has 1 saturated heterocycles. The number of halogens is 5. The summed E-state index contributed by atoms with van der Waals surface area (Å²) in [6, 6.07) is 9.35. The van der Waals surface area contributed by atoms with Crippen LogP contribution in [0.4, 0.5) is 18.9 Å². The number of nitrogens with zero attached hydrogens (tertiary/aromatic N) is 1. The first-order valence-electron chi connectivity index (χ1n) is 9.97. The van der Waals surface area contributed by atoms with E-state index in [0.29, 0.717) is 12.1 Å². The molecule has 0 saturated carbocycles. The van der Waals surface area contributed by atoms with Crippen LogP contribution in [0.3, 0.4) is 0 Å². The minimum atomic E-state index is -4.66. The molecule has 4 nitrogen and oxygen atoms in total. The number of hydrogen-bond donors (Lipinski definition) is 1. The summed E-state index contributed by atoms with van der Waals surface area (Å²) < 4.78 is 48.0. The van der Waals surface area contributed by atoms with E-state index in [9.17, 15) is 18.0 Å². The Morgan fingerprint density at radius 3 is 2.58 bits per heavy atom. The van der Waals surface area contributed by atoms with Crippen LogP contribution in [-0.4, -0.2) is 25.4 Å². The summed E-state index contributed by atoms with van der Waals surface area (Å²) in [4.78, 5) is 13.3. The van der Waals surface area contributed by atoms with Gasteiger partial charge in [-0.1, -0.05) is 36.2 Å². The van der Waals surface area contributed by atoms with Crippen LogP contribution in [0.5, 0.6) is 0 Å². The second-order valence-electron chi connectivity index (χ2n) is 7.85. The van der Waals surface area contributed by atoms with E-state index in [1.807, 2.05) is 12.1 Å². The van der Waals surface area contributed by atoms with Crippen LogP contribution in [0.25, 0.3) is 0 Å². The Morgan fingerprint density at radius 2 is 1.94 bits per heavy atom. The number of carbonyl (C=O) groups excluding carboxylic acids is 1. The molecule has 2 aliphatic rings. The number of benzene rings is 2. The Balaban J connectivity index is 1.62. The number of anilines is 1. The first kappa shape index (κ1) is 22.2. The second kappa shape index (κ2) is 8.19. The maximum atomic E-state index is 14.2. The standard InChI is InChI=1S/C22H21Cl2F3N2O2/c1-2-20(30)28-19-6-3-13-7-17(4-5-18(13)19)29-11-21(31-12-29,22(25,26)27)14-8-15(23)10-16(24)9-14/h4-5,7-10,19H,2-3,6,11-12H2,1H3,(H,28,30). The highest BCUT2D eigenvalue weighted by Crippen LogP contribution is 2.48. The second-order valence-corrected chi connectivity index (χ2v) is 8.72. The number of fused-ring (bicyclic) bond motifs is 1. The zero-order chi connectivity index (χ0) is 22.4. The predicted molar refractivity (Wildman–Crippen MR) is 113 cm³/mol. The van der Waals surface area contributed by atoms with Crippen molar-refractivity contribution in [1.29, 1.82) is 0 Å². The number of amides is 1. The highest BCUT2D eigenvalue weighted by molar-refractivity contribution is 6.34. The molecule has 1 aliphatic heterocycles. The van der Waals surface area contributed by atoms with Crippen LogP contribution in [0, 0.1) is 0 Å². The van der Waals surface area contributed by atoms with Gasteiger partial charge in [-0.25, -0.2) is 0 Å². The summed E-state index contributed by atoms with van der Waals surface area (Å²) in [6.07, 6.45) is -2.74. The molecule has 1 amide bonds. The van der Waals surface area contributed by atoms with Crippen molar-refractivity contribution in [1.82, 2.24) is 5.32 Å². The molecule has 0 bridgehead atoms. The highest BCUT2D eigenvalue weighted by Gasteiger charge is 2.61. The van der Waals surface area contributed by atoms with Gasteiger partial charge in [0.05, 0.1) is 12.6 Å². The van der Waals surface area contributed by atoms with Gasteiger partial charge in [0.25, 0.3) is 0 Å². The van der Waals surface area contributed by atoms with Gasteiger partial charge in [-0.05, 0) is 59.9 Å². The minimum absolute atomic E-state index is 0.0231. The number of hydrogen-bond acceptors (Lipinski definition) is 3. The van der Waals surface area contributed by atoms with E-state index in [-0.39, 0.29) is 34.3 Å². The van der Waals surface area contributed by atoms with Crippen LogP contribution < -0.4 is 10.2 Å². The number of rotatable bonds is 4. The number of alkyl halides is 3. The number of nitrogens with one attached hydrogen (secondary N) is 1. The van der Waals surface area contributed by atoms with Gasteiger partial charge in [0, 0.05) is 22.2 Å². The third-order valence-electron chi connectivity index (χ3n) is 5.89. The fourth-order valence-electron chi connectivity index (χ4n) is 4.26. The molecule has 31 heavy (non-hydrogen) atoms. The fourth-order valence-corrected chi connectivity index (χ4v) is 4.78. The van der Waals surface area contributed by atoms with Crippen molar-refractivity contribution < 1.29 is 22.7 Å². The average Bonchev–Trinajstić information content (AvgIpc) is 3.32. The Labute approximate surface area is 188 Å². The molecular formula is C22H21Cl2F3N2O2. The normalized spacial score (nSPS) is 23.2. The molecule has 1 fully saturated rings. The summed E-state index contributed by atoms with van der Waals surface area (Å²) in [5, 5.41) is 3.22. The Morgan fingerprint density at radius 1 is 1.23 bits per heavy atom. The quantitative estimate of drug-likeness (QED) is 0.614. The number of aryl methyl sites for hydroxylation is 1. The van der Waals surface area contributed by atoms with Crippen LogP contribution in [-0.2, 0) is 21.6 Å². The van der Waals surface area contributed by atoms with Gasteiger partial charge in [-0.3, -0.25) is 4.79 Å². The SMILES string of the molecule is CCC(=O)NC1CCc2cc(N3COC(c4cc(Cl)cc(Cl)c4)(C(F)(F)F)C3)ccc21. The number of ether oxygens (including phenoxy) is 1. The van der Waals surface area contributed by atoms with Gasteiger partial charge in [-0.15, -0.1) is 0 Å². The van der Waals surface area contributed by atoms with Gasteiger partial charge in [0.1, 0.15) is 6.73 Å². The Kier molecular flexibility index (Phi) is 5.87. The third kappa shape index (κ3) is 4.11. The van der Waals surface area contributed by atoms with E-state index in [1.54, 1.807) is 17.9 Å². The molecule has 1 aliphatic carbocycles. The first-order valence-corrected chi connectivity index (χ1v) is 10.7. The van der Waals surface area contributed by atoms with Crippen molar-refractivity contribution in [3.05, 3.63) is 63.1 Å². The summed E-state index contributed by atoms with van der Waals surface area (Å²) >= 11 is 11.9. The molecule has 2 aromatic rings. The zero-order valence-electron chi connectivity index (χ0n) is 16.7. The van der Waals surface area contributed by atoms with Gasteiger partial charge >= 0.3 is 6.18 Å². The summed E-state index contributed by atoms with van der Waals surface area (Å²) in [6.45, 7) is 1.15. The molecule has 2 unspecified atom stereocenters. The van der Waals surface area contributed by atoms with E-state index in [4.69, 9.17) is 27.9 Å². The smallest absolute Gasteiger partial charge is 0.349 e. The minimum Gasteiger partial charge on any atom is -0.349 e. The molecular weight excluding hydrogens is 452 g/mol. The number of carbonyl (C=O) groups is 1. The zero-order valence-corrected chi connectivity index (χ0v) is 18.2. The molecule has 0 radical (unpaired) electrons. The average molecular weight is 473 g/mol. The lowest BCUT2D eigenvalue weighted by Gasteiger charge is -2.31. The maximum absolute atomic E-state index is 14.2. The maximum Gasteiger partial charge on any atom is 0.423 e. The largest absolute Gasteiger partial charge is 0.423 e. The fraction of sp³-hybridized carbons (Fsp3) is 0.409. The molecule has 1 heterocycles. The molecule has 0 spiro atoms. The Hall–Kier alpha value is -1.96. The van der Waals surface area contributed by atoms with Gasteiger partial charge in [-0.2, -0.15) is 13.2 Å². The Bertz CT molecular complexity index is 994. The van der Waals surface area contributed by atoms with E-state index >= 15 is 0 Å². The van der Waals surface area contributed by atoms with Crippen molar-refractivity contribution in [3.63, 3.8) is 0 Å². The van der Waals surface area contributed by atoms with E-state index in [2.05, 4.69) is 5.32 Å². The van der Waals surface area contributed by atoms with Crippen molar-refractivity contribution in [2.24, 2.45) is 0 Å². The highest BCUT2D eigenvalue weighted by atomic mass is 35.5. The third-order valence-corrected chi connectivity index (χ3v) is 6.33. The van der Waals surface area contributed by atoms with E-state index in [0.717, 1.165) is 24.0 Å². The lowest BCUT2D eigenvalue weighted by molar-refractivity contribution is -0.264. The van der Waals surface area contributed by atoms with Crippen molar-refractivity contribution in [2.75, 3.05) is 18.2 Å². The van der Waals surface area contributed by atoms with Crippen molar-refractivity contribution in [3.8, 4) is 0 Å². The van der Waals surface area contributed by atoms with Crippen LogP contribution in [0.2, 0.25) is 10.0 Å². The van der Waals surface area contributed by atoms with E-state index < -0.39 is 18.3 Å². The first-order chi connectivity index (χ1) is 14.6. The monoisotopic (exact) mass is 472 g/mol. The molecule has 2 aromatic carbocycles. The van der Waals surface area contributed by atoms with Crippen LogP contribution in [0.1, 0.15) is 42.5 Å². The topological polar surface area (TPSA) is 41.6 Å². The van der Waals surface area contributed by atoms with Gasteiger partial charge < -0.3 is 15.0 Å². The van der Waals surface area contributed by atoms with Crippen molar-refractivity contribution >= 4 is 34.8 Å². The molecule has 2 atom stereocenters. The molecule has 9 heteroatoms. The molecule has 1 N–H and O–H groups in total. The molecule has 166 valence electrons. The van der Waals surface area contributed by atoms with Gasteiger partial charge in [0.2, 0.25) is 11.5 Å². The van der Waals surface area contributed by atoms with Gasteiger partial charge in [0.15, 0.2) is 0 Å². The van der Waals surface area contributed by atoms with Crippen LogP contribution in [0.15, 0.2) is 36.4 Å². The summed E-state index contributed by atoms with van der Waals surface area (Å²) in [7, 11) is 0.